The Balaban J connectivity index is 2.89. The summed E-state index contributed by atoms with van der Waals surface area (Å²) in [5.74, 6) is 0. The second-order valence-electron chi connectivity index (χ2n) is 3.68. The van der Waals surface area contributed by atoms with E-state index >= 15 is 0 Å². The van der Waals surface area contributed by atoms with Gasteiger partial charge in [0.25, 0.3) is 0 Å². The number of hydrogen-bond donors (Lipinski definition) is 1. The first-order valence-electron chi connectivity index (χ1n) is 4.64. The number of alkyl halides is 3. The standard InChI is InChI=1S/C9H14F3N3/c1-6(2)13-4-7-5-14-15(3)8(7)9(10,11)12/h5-6,13H,4H2,1-3H3. The van der Waals surface area contributed by atoms with E-state index in [2.05, 4.69) is 10.4 Å². The van der Waals surface area contributed by atoms with E-state index in [-0.39, 0.29) is 18.2 Å². The molecule has 0 aliphatic rings. The number of rotatable bonds is 3. The van der Waals surface area contributed by atoms with Gasteiger partial charge in [-0.25, -0.2) is 0 Å². The SMILES string of the molecule is CC(C)NCc1cnn(C)c1C(F)(F)F. The summed E-state index contributed by atoms with van der Waals surface area (Å²) in [6, 6.07) is 0.145. The topological polar surface area (TPSA) is 29.9 Å². The van der Waals surface area contributed by atoms with Gasteiger partial charge in [-0.2, -0.15) is 18.3 Å². The Kier molecular flexibility index (Phi) is 3.38. The van der Waals surface area contributed by atoms with Crippen LogP contribution in [0.15, 0.2) is 6.20 Å². The van der Waals surface area contributed by atoms with E-state index in [1.165, 1.54) is 13.2 Å². The molecule has 0 saturated heterocycles. The smallest absolute Gasteiger partial charge is 0.310 e. The zero-order chi connectivity index (χ0) is 11.6. The van der Waals surface area contributed by atoms with Crippen LogP contribution in [0.5, 0.6) is 0 Å². The molecule has 1 rings (SSSR count). The van der Waals surface area contributed by atoms with Crippen molar-refractivity contribution in [2.75, 3.05) is 0 Å². The lowest BCUT2D eigenvalue weighted by atomic mass is 10.2. The Labute approximate surface area is 86.3 Å². The first-order valence-corrected chi connectivity index (χ1v) is 4.64. The molecule has 0 atom stereocenters. The quantitative estimate of drug-likeness (QED) is 0.845. The van der Waals surface area contributed by atoms with Crippen molar-refractivity contribution < 1.29 is 13.2 Å². The maximum atomic E-state index is 12.6. The molecule has 0 aliphatic heterocycles. The van der Waals surface area contributed by atoms with Crippen LogP contribution in [0.1, 0.15) is 25.1 Å². The van der Waals surface area contributed by atoms with Gasteiger partial charge in [0.15, 0.2) is 0 Å². The van der Waals surface area contributed by atoms with Crippen LogP contribution >= 0.6 is 0 Å². The Morgan fingerprint density at radius 1 is 1.47 bits per heavy atom. The highest BCUT2D eigenvalue weighted by Crippen LogP contribution is 2.31. The number of nitrogens with one attached hydrogen (secondary N) is 1. The number of aromatic nitrogens is 2. The highest BCUT2D eigenvalue weighted by atomic mass is 19.4. The predicted molar refractivity (Wildman–Crippen MR) is 50.2 cm³/mol. The molecular formula is C9H14F3N3. The fraction of sp³-hybridized carbons (Fsp3) is 0.667. The van der Waals surface area contributed by atoms with Crippen LogP contribution in [-0.2, 0) is 19.8 Å². The third-order valence-corrected chi connectivity index (χ3v) is 1.98. The van der Waals surface area contributed by atoms with E-state index in [0.29, 0.717) is 0 Å². The summed E-state index contributed by atoms with van der Waals surface area (Å²) >= 11 is 0. The van der Waals surface area contributed by atoms with Crippen LogP contribution in [0, 0.1) is 0 Å². The van der Waals surface area contributed by atoms with Crippen molar-refractivity contribution in [1.82, 2.24) is 15.1 Å². The zero-order valence-electron chi connectivity index (χ0n) is 8.89. The number of halogens is 3. The normalized spacial score (nSPS) is 12.5. The molecule has 1 aromatic rings. The van der Waals surface area contributed by atoms with Gasteiger partial charge < -0.3 is 5.32 Å². The fourth-order valence-corrected chi connectivity index (χ4v) is 1.29. The number of nitrogens with zero attached hydrogens (tertiary/aromatic N) is 2. The zero-order valence-corrected chi connectivity index (χ0v) is 8.89. The van der Waals surface area contributed by atoms with Crippen molar-refractivity contribution in [1.29, 1.82) is 0 Å². The van der Waals surface area contributed by atoms with Gasteiger partial charge in [0.1, 0.15) is 5.69 Å². The molecule has 0 saturated carbocycles. The lowest BCUT2D eigenvalue weighted by Gasteiger charge is -2.11. The van der Waals surface area contributed by atoms with E-state index in [9.17, 15) is 13.2 Å². The summed E-state index contributed by atoms with van der Waals surface area (Å²) in [5.41, 5.74) is -0.505. The van der Waals surface area contributed by atoms with Crippen molar-refractivity contribution in [2.24, 2.45) is 7.05 Å². The summed E-state index contributed by atoms with van der Waals surface area (Å²) in [5, 5.41) is 6.55. The molecule has 0 radical (unpaired) electrons. The minimum atomic E-state index is -4.35. The molecular weight excluding hydrogens is 207 g/mol. The Morgan fingerprint density at radius 2 is 2.07 bits per heavy atom. The van der Waals surface area contributed by atoms with Crippen molar-refractivity contribution in [2.45, 2.75) is 32.6 Å². The van der Waals surface area contributed by atoms with E-state index < -0.39 is 11.9 Å². The van der Waals surface area contributed by atoms with Crippen molar-refractivity contribution >= 4 is 0 Å². The minimum Gasteiger partial charge on any atom is -0.310 e. The monoisotopic (exact) mass is 221 g/mol. The van der Waals surface area contributed by atoms with Crippen LogP contribution in [0.3, 0.4) is 0 Å². The van der Waals surface area contributed by atoms with Gasteiger partial charge in [-0.15, -0.1) is 0 Å². The van der Waals surface area contributed by atoms with E-state index in [4.69, 9.17) is 0 Å². The van der Waals surface area contributed by atoms with Crippen LogP contribution in [-0.4, -0.2) is 15.8 Å². The first-order chi connectivity index (χ1) is 6.82. The molecule has 6 heteroatoms. The van der Waals surface area contributed by atoms with Gasteiger partial charge in [0, 0.05) is 25.2 Å². The molecule has 3 nitrogen and oxygen atoms in total. The summed E-state index contributed by atoms with van der Waals surface area (Å²) in [6.45, 7) is 3.94. The number of aryl methyl sites for hydroxylation is 1. The lowest BCUT2D eigenvalue weighted by Crippen LogP contribution is -2.24. The van der Waals surface area contributed by atoms with Gasteiger partial charge in [-0.3, -0.25) is 4.68 Å². The van der Waals surface area contributed by atoms with Crippen LogP contribution < -0.4 is 5.32 Å². The number of hydrogen-bond acceptors (Lipinski definition) is 2. The third kappa shape index (κ3) is 2.95. The molecule has 15 heavy (non-hydrogen) atoms. The van der Waals surface area contributed by atoms with E-state index in [0.717, 1.165) is 4.68 Å². The highest BCUT2D eigenvalue weighted by molar-refractivity contribution is 5.20. The molecule has 0 bridgehead atoms. The van der Waals surface area contributed by atoms with Crippen molar-refractivity contribution in [3.05, 3.63) is 17.5 Å². The fourth-order valence-electron chi connectivity index (χ4n) is 1.29. The lowest BCUT2D eigenvalue weighted by molar-refractivity contribution is -0.144. The molecule has 0 amide bonds. The average Bonchev–Trinajstić information content (AvgIpc) is 2.42. The largest absolute Gasteiger partial charge is 0.433 e. The summed E-state index contributed by atoms with van der Waals surface area (Å²) in [7, 11) is 1.29. The van der Waals surface area contributed by atoms with Gasteiger partial charge in [0.2, 0.25) is 0 Å². The van der Waals surface area contributed by atoms with Crippen molar-refractivity contribution in [3.8, 4) is 0 Å². The Morgan fingerprint density at radius 3 is 2.53 bits per heavy atom. The summed E-state index contributed by atoms with van der Waals surface area (Å²) < 4.78 is 38.6. The molecule has 0 spiro atoms. The molecule has 0 aromatic carbocycles. The summed E-state index contributed by atoms with van der Waals surface area (Å²) in [6.07, 6.45) is -3.10. The second kappa shape index (κ2) is 4.22. The van der Waals surface area contributed by atoms with Crippen LogP contribution in [0.25, 0.3) is 0 Å². The van der Waals surface area contributed by atoms with Gasteiger partial charge >= 0.3 is 6.18 Å². The summed E-state index contributed by atoms with van der Waals surface area (Å²) in [4.78, 5) is 0. The molecule has 0 fully saturated rings. The maximum Gasteiger partial charge on any atom is 0.433 e. The van der Waals surface area contributed by atoms with Crippen LogP contribution in [0.2, 0.25) is 0 Å². The highest BCUT2D eigenvalue weighted by Gasteiger charge is 2.37. The van der Waals surface area contributed by atoms with Crippen molar-refractivity contribution in [3.63, 3.8) is 0 Å². The minimum absolute atomic E-state index is 0.145. The van der Waals surface area contributed by atoms with Gasteiger partial charge in [0.05, 0.1) is 6.20 Å². The first kappa shape index (κ1) is 12.0. The van der Waals surface area contributed by atoms with Gasteiger partial charge in [-0.05, 0) is 0 Å². The molecule has 1 N–H and O–H groups in total. The second-order valence-corrected chi connectivity index (χ2v) is 3.68. The molecule has 0 aliphatic carbocycles. The maximum absolute atomic E-state index is 12.6. The van der Waals surface area contributed by atoms with Gasteiger partial charge in [-0.1, -0.05) is 13.8 Å². The third-order valence-electron chi connectivity index (χ3n) is 1.98. The van der Waals surface area contributed by atoms with E-state index in [1.54, 1.807) is 0 Å². The Hall–Kier alpha value is -1.04. The average molecular weight is 221 g/mol. The molecule has 1 heterocycles. The molecule has 86 valence electrons. The van der Waals surface area contributed by atoms with E-state index in [1.807, 2.05) is 13.8 Å². The Bertz CT molecular complexity index is 328. The molecule has 0 unspecified atom stereocenters. The predicted octanol–water partition coefficient (Wildman–Crippen LogP) is 1.94. The van der Waals surface area contributed by atoms with Crippen LogP contribution in [0.4, 0.5) is 13.2 Å². The molecule has 1 aromatic heterocycles.